The van der Waals surface area contributed by atoms with Gasteiger partial charge in [0.1, 0.15) is 0 Å². The van der Waals surface area contributed by atoms with Crippen molar-refractivity contribution in [3.8, 4) is 0 Å². The zero-order valence-electron chi connectivity index (χ0n) is 9.93. The van der Waals surface area contributed by atoms with Gasteiger partial charge in [-0.15, -0.1) is 0 Å². The van der Waals surface area contributed by atoms with Crippen LogP contribution in [0.25, 0.3) is 0 Å². The van der Waals surface area contributed by atoms with Crippen LogP contribution in [0.5, 0.6) is 0 Å². The summed E-state index contributed by atoms with van der Waals surface area (Å²) in [7, 11) is 0. The van der Waals surface area contributed by atoms with E-state index >= 15 is 0 Å². The van der Waals surface area contributed by atoms with Crippen molar-refractivity contribution < 1.29 is 39.5 Å². The van der Waals surface area contributed by atoms with Crippen molar-refractivity contribution in [2.45, 2.75) is 47.6 Å². The van der Waals surface area contributed by atoms with Gasteiger partial charge in [-0.05, 0) is 18.9 Å². The average molecular weight is 428 g/mol. The maximum Gasteiger partial charge on any atom is 0.460 e. The minimum atomic E-state index is -6.83. The van der Waals surface area contributed by atoms with Crippen LogP contribution in [0.3, 0.4) is 0 Å². The van der Waals surface area contributed by atoms with Gasteiger partial charge in [0.15, 0.2) is 0 Å². The first kappa shape index (κ1) is 19.8. The van der Waals surface area contributed by atoms with Crippen molar-refractivity contribution in [1.29, 1.82) is 0 Å². The Hall–Kier alpha value is -0.160. The van der Waals surface area contributed by atoms with Crippen molar-refractivity contribution in [3.63, 3.8) is 0 Å². The molecule has 1 unspecified atom stereocenters. The molecule has 0 saturated heterocycles. The molecule has 20 heavy (non-hydrogen) atoms. The molecule has 0 amide bonds. The van der Waals surface area contributed by atoms with Crippen LogP contribution < -0.4 is 0 Å². The fourth-order valence-corrected chi connectivity index (χ4v) is 1.41. The molecule has 10 heteroatoms. The first-order chi connectivity index (χ1) is 8.67. The lowest BCUT2D eigenvalue weighted by Crippen LogP contribution is -2.60. The molecule has 0 aliphatic heterocycles. The molecule has 0 N–H and O–H groups in total. The summed E-state index contributed by atoms with van der Waals surface area (Å²) in [5, 5.41) is 0. The Morgan fingerprint density at radius 1 is 0.900 bits per heavy atom. The van der Waals surface area contributed by atoms with Gasteiger partial charge in [0, 0.05) is 3.92 Å². The fourth-order valence-electron chi connectivity index (χ4n) is 1.05. The maximum absolute atomic E-state index is 12.9. The number of hydrogen-bond acceptors (Lipinski definition) is 0. The molecule has 0 fully saturated rings. The molecule has 0 heterocycles. The Labute approximate surface area is 122 Å². The summed E-state index contributed by atoms with van der Waals surface area (Å²) in [6, 6.07) is 0. The number of alkyl halides is 10. The van der Waals surface area contributed by atoms with Crippen molar-refractivity contribution in [1.82, 2.24) is 0 Å². The third-order valence-electron chi connectivity index (χ3n) is 2.23. The van der Waals surface area contributed by atoms with E-state index in [1.54, 1.807) is 6.92 Å². The lowest BCUT2D eigenvalue weighted by Gasteiger charge is -2.32. The fraction of sp³-hybridized carbons (Fsp3) is 0.800. The molecule has 0 aliphatic carbocycles. The van der Waals surface area contributed by atoms with Gasteiger partial charge < -0.3 is 0 Å². The predicted molar refractivity (Wildman–Crippen MR) is 62.8 cm³/mol. The summed E-state index contributed by atoms with van der Waals surface area (Å²) in [5.74, 6) is -19.0. The standard InChI is InChI=1S/C10H10F9I/c1-6(20)4-2-3-5-7(11,12)8(13,14)9(15,16)10(17,18)19/h3,5-6H,2,4H2,1H3. The first-order valence-electron chi connectivity index (χ1n) is 5.18. The predicted octanol–water partition coefficient (Wildman–Crippen LogP) is 5.61. The maximum atomic E-state index is 12.9. The van der Waals surface area contributed by atoms with Gasteiger partial charge in [0.05, 0.1) is 0 Å². The molecule has 0 aliphatic rings. The highest BCUT2D eigenvalue weighted by atomic mass is 127. The van der Waals surface area contributed by atoms with Gasteiger partial charge in [-0.3, -0.25) is 0 Å². The van der Waals surface area contributed by atoms with E-state index in [2.05, 4.69) is 0 Å². The van der Waals surface area contributed by atoms with Crippen LogP contribution in [0.1, 0.15) is 19.8 Å². The van der Waals surface area contributed by atoms with Gasteiger partial charge in [-0.1, -0.05) is 35.6 Å². The minimum absolute atomic E-state index is 0.00278. The van der Waals surface area contributed by atoms with Crippen LogP contribution in [-0.4, -0.2) is 27.9 Å². The van der Waals surface area contributed by atoms with E-state index in [1.165, 1.54) is 0 Å². The van der Waals surface area contributed by atoms with Gasteiger partial charge in [0.2, 0.25) is 0 Å². The highest BCUT2D eigenvalue weighted by Gasteiger charge is 2.81. The molecule has 0 nitrogen and oxygen atoms in total. The summed E-state index contributed by atoms with van der Waals surface area (Å²) >= 11 is 1.90. The Morgan fingerprint density at radius 2 is 1.35 bits per heavy atom. The lowest BCUT2D eigenvalue weighted by molar-refractivity contribution is -0.388. The molecule has 0 aromatic rings. The Balaban J connectivity index is 5.17. The topological polar surface area (TPSA) is 0 Å². The van der Waals surface area contributed by atoms with Gasteiger partial charge in [0.25, 0.3) is 0 Å². The van der Waals surface area contributed by atoms with Crippen LogP contribution in [0.15, 0.2) is 12.2 Å². The molecule has 0 aromatic heterocycles. The third-order valence-corrected chi connectivity index (χ3v) is 2.85. The van der Waals surface area contributed by atoms with Crippen molar-refractivity contribution in [3.05, 3.63) is 12.2 Å². The monoisotopic (exact) mass is 428 g/mol. The summed E-state index contributed by atoms with van der Waals surface area (Å²) < 4.78 is 112. The van der Waals surface area contributed by atoms with Gasteiger partial charge in [-0.25, -0.2) is 0 Å². The molecule has 1 atom stereocenters. The molecular formula is C10H10F9I. The quantitative estimate of drug-likeness (QED) is 0.223. The van der Waals surface area contributed by atoms with Crippen molar-refractivity contribution in [2.75, 3.05) is 0 Å². The van der Waals surface area contributed by atoms with E-state index in [0.29, 0.717) is 6.08 Å². The molecular weight excluding hydrogens is 418 g/mol. The summed E-state index contributed by atoms with van der Waals surface area (Å²) in [6.07, 6.45) is -6.77. The van der Waals surface area contributed by atoms with Crippen LogP contribution in [-0.2, 0) is 0 Å². The Morgan fingerprint density at radius 3 is 1.70 bits per heavy atom. The number of rotatable bonds is 6. The highest BCUT2D eigenvalue weighted by molar-refractivity contribution is 14.1. The van der Waals surface area contributed by atoms with E-state index in [-0.39, 0.29) is 16.8 Å². The van der Waals surface area contributed by atoms with E-state index in [9.17, 15) is 39.5 Å². The summed E-state index contributed by atoms with van der Waals surface area (Å²) in [6.45, 7) is 1.68. The third kappa shape index (κ3) is 4.17. The van der Waals surface area contributed by atoms with Gasteiger partial charge >= 0.3 is 23.9 Å². The molecule has 0 saturated carbocycles. The second-order valence-electron chi connectivity index (χ2n) is 4.03. The summed E-state index contributed by atoms with van der Waals surface area (Å²) in [5.41, 5.74) is 0. The zero-order valence-corrected chi connectivity index (χ0v) is 12.1. The molecule has 0 aromatic carbocycles. The number of halogens is 10. The molecule has 0 rings (SSSR count). The number of allylic oxidation sites excluding steroid dienone is 2. The highest BCUT2D eigenvalue weighted by Crippen LogP contribution is 2.53. The number of hydrogen-bond donors (Lipinski definition) is 0. The molecule has 0 radical (unpaired) electrons. The molecule has 0 bridgehead atoms. The van der Waals surface area contributed by atoms with E-state index in [0.717, 1.165) is 0 Å². The second kappa shape index (κ2) is 6.30. The van der Waals surface area contributed by atoms with Crippen LogP contribution >= 0.6 is 22.6 Å². The smallest absolute Gasteiger partial charge is 0.195 e. The Bertz CT molecular complexity index is 343. The van der Waals surface area contributed by atoms with Crippen LogP contribution in [0, 0.1) is 0 Å². The average Bonchev–Trinajstić information content (AvgIpc) is 2.22. The zero-order chi connectivity index (χ0) is 16.4. The molecule has 120 valence electrons. The Kier molecular flexibility index (Phi) is 6.25. The van der Waals surface area contributed by atoms with Crippen LogP contribution in [0.4, 0.5) is 39.5 Å². The first-order valence-corrected chi connectivity index (χ1v) is 6.43. The normalized spacial score (nSPS) is 16.8. The molecule has 0 spiro atoms. The van der Waals surface area contributed by atoms with E-state index < -0.39 is 30.0 Å². The summed E-state index contributed by atoms with van der Waals surface area (Å²) in [4.78, 5) is 0. The second-order valence-corrected chi connectivity index (χ2v) is 6.16. The lowest BCUT2D eigenvalue weighted by atomic mass is 10.0. The minimum Gasteiger partial charge on any atom is -0.195 e. The van der Waals surface area contributed by atoms with Crippen molar-refractivity contribution in [2.24, 2.45) is 0 Å². The SMILES string of the molecule is CC(I)CCC=CC(F)(F)C(F)(F)C(F)(F)C(F)(F)F. The van der Waals surface area contributed by atoms with Crippen molar-refractivity contribution >= 4 is 22.6 Å². The van der Waals surface area contributed by atoms with E-state index in [1.807, 2.05) is 22.6 Å². The largest absolute Gasteiger partial charge is 0.460 e. The van der Waals surface area contributed by atoms with E-state index in [4.69, 9.17) is 0 Å². The van der Waals surface area contributed by atoms with Crippen LogP contribution in [0.2, 0.25) is 0 Å². The van der Waals surface area contributed by atoms with Gasteiger partial charge in [-0.2, -0.15) is 39.5 Å².